The summed E-state index contributed by atoms with van der Waals surface area (Å²) in [6.45, 7) is 6.82. The number of rotatable bonds is 5. The van der Waals surface area contributed by atoms with Crippen LogP contribution in [-0.4, -0.2) is 40.4 Å². The van der Waals surface area contributed by atoms with E-state index in [1.165, 1.54) is 51.0 Å². The minimum Gasteiger partial charge on any atom is -0.314 e. The molecule has 0 spiro atoms. The molecule has 1 saturated carbocycles. The van der Waals surface area contributed by atoms with E-state index in [0.29, 0.717) is 0 Å². The van der Waals surface area contributed by atoms with E-state index < -0.39 is 0 Å². The van der Waals surface area contributed by atoms with Crippen LogP contribution in [0.5, 0.6) is 0 Å². The van der Waals surface area contributed by atoms with Crippen LogP contribution in [0.1, 0.15) is 37.1 Å². The molecular weight excluding hydrogens is 236 g/mol. The van der Waals surface area contributed by atoms with Crippen LogP contribution in [-0.2, 0) is 13.6 Å². The first-order valence-electron chi connectivity index (χ1n) is 7.66. The highest BCUT2D eigenvalue weighted by molar-refractivity contribution is 5.08. The van der Waals surface area contributed by atoms with Gasteiger partial charge in [0.15, 0.2) is 0 Å². The minimum absolute atomic E-state index is 0.837. The molecule has 1 atom stereocenters. The Labute approximate surface area is 116 Å². The third-order valence-electron chi connectivity index (χ3n) is 4.36. The van der Waals surface area contributed by atoms with Gasteiger partial charge >= 0.3 is 0 Å². The lowest BCUT2D eigenvalue weighted by atomic mass is 9.98. The van der Waals surface area contributed by atoms with Crippen LogP contribution in [0.2, 0.25) is 0 Å². The minimum atomic E-state index is 0.837. The average molecular weight is 262 g/mol. The molecule has 1 aromatic rings. The molecule has 1 N–H and O–H groups in total. The van der Waals surface area contributed by atoms with Gasteiger partial charge < -0.3 is 5.32 Å². The topological polar surface area (TPSA) is 33.1 Å². The van der Waals surface area contributed by atoms with Crippen molar-refractivity contribution in [3.63, 3.8) is 0 Å². The first-order valence-corrected chi connectivity index (χ1v) is 7.66. The predicted molar refractivity (Wildman–Crippen MR) is 77.0 cm³/mol. The second-order valence-electron chi connectivity index (χ2n) is 6.33. The molecule has 1 aliphatic carbocycles. The van der Waals surface area contributed by atoms with Crippen LogP contribution in [0, 0.1) is 12.8 Å². The van der Waals surface area contributed by atoms with Gasteiger partial charge in [0, 0.05) is 26.2 Å². The van der Waals surface area contributed by atoms with E-state index in [1.54, 1.807) is 0 Å². The number of hydrogen-bond acceptors (Lipinski definition) is 3. The van der Waals surface area contributed by atoms with E-state index >= 15 is 0 Å². The highest BCUT2D eigenvalue weighted by Gasteiger charge is 2.25. The molecule has 2 fully saturated rings. The largest absolute Gasteiger partial charge is 0.314 e. The van der Waals surface area contributed by atoms with Gasteiger partial charge in [-0.3, -0.25) is 9.58 Å². The van der Waals surface area contributed by atoms with Crippen molar-refractivity contribution in [2.24, 2.45) is 13.0 Å². The molecule has 106 valence electrons. The number of piperidine rings is 1. The van der Waals surface area contributed by atoms with Crippen molar-refractivity contribution in [2.45, 2.75) is 45.2 Å². The molecule has 1 saturated heterocycles. The fourth-order valence-electron chi connectivity index (χ4n) is 3.12. The molecule has 0 radical (unpaired) electrons. The number of hydrogen-bond donors (Lipinski definition) is 1. The number of nitrogens with zero attached hydrogens (tertiary/aromatic N) is 3. The summed E-state index contributed by atoms with van der Waals surface area (Å²) in [6.07, 6.45) is 5.52. The second kappa shape index (κ2) is 5.63. The molecule has 2 heterocycles. The third kappa shape index (κ3) is 3.57. The van der Waals surface area contributed by atoms with E-state index in [9.17, 15) is 0 Å². The van der Waals surface area contributed by atoms with E-state index in [2.05, 4.69) is 35.4 Å². The maximum absolute atomic E-state index is 4.44. The summed E-state index contributed by atoms with van der Waals surface area (Å²) < 4.78 is 2.03. The monoisotopic (exact) mass is 262 g/mol. The Kier molecular flexibility index (Phi) is 3.89. The van der Waals surface area contributed by atoms with Gasteiger partial charge in [0.05, 0.1) is 11.4 Å². The molecule has 1 unspecified atom stereocenters. The van der Waals surface area contributed by atoms with Gasteiger partial charge in [0.2, 0.25) is 0 Å². The standard InChI is InChI=1S/C15H26N4/c1-12-8-15(18(2)17-12)11-19-7-3-4-13(10-19)9-16-14-5-6-14/h8,13-14,16H,3-7,9-11H2,1-2H3. The maximum Gasteiger partial charge on any atom is 0.0597 e. The summed E-state index contributed by atoms with van der Waals surface area (Å²) in [7, 11) is 2.05. The lowest BCUT2D eigenvalue weighted by Gasteiger charge is -2.32. The van der Waals surface area contributed by atoms with Gasteiger partial charge in [0.25, 0.3) is 0 Å². The first-order chi connectivity index (χ1) is 9.20. The normalized spacial score (nSPS) is 24.8. The zero-order valence-corrected chi connectivity index (χ0v) is 12.2. The SMILES string of the molecule is Cc1cc(CN2CCCC(CNC3CC3)C2)n(C)n1. The Morgan fingerprint density at radius 2 is 2.21 bits per heavy atom. The number of aromatic nitrogens is 2. The van der Waals surface area contributed by atoms with Gasteiger partial charge in [0.1, 0.15) is 0 Å². The summed E-state index contributed by atoms with van der Waals surface area (Å²) in [5, 5.41) is 8.12. The van der Waals surface area contributed by atoms with E-state index in [1.807, 2.05) is 4.68 Å². The second-order valence-corrected chi connectivity index (χ2v) is 6.33. The van der Waals surface area contributed by atoms with Crippen LogP contribution in [0.3, 0.4) is 0 Å². The molecule has 1 aromatic heterocycles. The predicted octanol–water partition coefficient (Wildman–Crippen LogP) is 1.69. The fraction of sp³-hybridized carbons (Fsp3) is 0.800. The van der Waals surface area contributed by atoms with Crippen LogP contribution in [0.4, 0.5) is 0 Å². The Hall–Kier alpha value is -0.870. The van der Waals surface area contributed by atoms with Crippen molar-refractivity contribution in [3.8, 4) is 0 Å². The average Bonchev–Trinajstić information content (AvgIpc) is 3.15. The summed E-state index contributed by atoms with van der Waals surface area (Å²) >= 11 is 0. The van der Waals surface area contributed by atoms with Crippen molar-refractivity contribution in [3.05, 3.63) is 17.5 Å². The Morgan fingerprint density at radius 3 is 2.89 bits per heavy atom. The van der Waals surface area contributed by atoms with Crippen molar-refractivity contribution in [2.75, 3.05) is 19.6 Å². The van der Waals surface area contributed by atoms with E-state index in [0.717, 1.165) is 24.2 Å². The number of likely N-dealkylation sites (tertiary alicyclic amines) is 1. The highest BCUT2D eigenvalue weighted by Crippen LogP contribution is 2.22. The molecule has 4 heteroatoms. The molecule has 4 nitrogen and oxygen atoms in total. The van der Waals surface area contributed by atoms with Crippen molar-refractivity contribution in [1.29, 1.82) is 0 Å². The summed E-state index contributed by atoms with van der Waals surface area (Å²) in [6, 6.07) is 3.06. The molecule has 3 rings (SSSR count). The molecule has 2 aliphatic rings. The summed E-state index contributed by atoms with van der Waals surface area (Å²) in [5.41, 5.74) is 2.47. The molecule has 1 aliphatic heterocycles. The van der Waals surface area contributed by atoms with Gasteiger partial charge in [-0.1, -0.05) is 0 Å². The van der Waals surface area contributed by atoms with Crippen molar-refractivity contribution < 1.29 is 0 Å². The summed E-state index contributed by atoms with van der Waals surface area (Å²) in [5.74, 6) is 0.837. The van der Waals surface area contributed by atoms with Crippen LogP contribution in [0.15, 0.2) is 6.07 Å². The first kappa shape index (κ1) is 13.1. The smallest absolute Gasteiger partial charge is 0.0597 e. The van der Waals surface area contributed by atoms with Crippen LogP contribution < -0.4 is 5.32 Å². The number of aryl methyl sites for hydroxylation is 2. The van der Waals surface area contributed by atoms with Crippen molar-refractivity contribution in [1.82, 2.24) is 20.0 Å². The van der Waals surface area contributed by atoms with Gasteiger partial charge in [-0.15, -0.1) is 0 Å². The molecule has 0 bridgehead atoms. The summed E-state index contributed by atoms with van der Waals surface area (Å²) in [4.78, 5) is 2.60. The van der Waals surface area contributed by atoms with Crippen molar-refractivity contribution >= 4 is 0 Å². The Balaban J connectivity index is 1.51. The quantitative estimate of drug-likeness (QED) is 0.876. The van der Waals surface area contributed by atoms with E-state index in [4.69, 9.17) is 0 Å². The zero-order chi connectivity index (χ0) is 13.2. The lowest BCUT2D eigenvalue weighted by molar-refractivity contribution is 0.162. The number of nitrogens with one attached hydrogen (secondary N) is 1. The Morgan fingerprint density at radius 1 is 1.37 bits per heavy atom. The highest BCUT2D eigenvalue weighted by atomic mass is 15.3. The van der Waals surface area contributed by atoms with Gasteiger partial charge in [-0.05, 0) is 57.7 Å². The zero-order valence-electron chi connectivity index (χ0n) is 12.2. The maximum atomic E-state index is 4.44. The lowest BCUT2D eigenvalue weighted by Crippen LogP contribution is -2.39. The fourth-order valence-corrected chi connectivity index (χ4v) is 3.12. The van der Waals surface area contributed by atoms with Gasteiger partial charge in [-0.25, -0.2) is 0 Å². The third-order valence-corrected chi connectivity index (χ3v) is 4.36. The Bertz CT molecular complexity index is 422. The molecular formula is C15H26N4. The van der Waals surface area contributed by atoms with Gasteiger partial charge in [-0.2, -0.15) is 5.10 Å². The van der Waals surface area contributed by atoms with Crippen LogP contribution in [0.25, 0.3) is 0 Å². The van der Waals surface area contributed by atoms with Crippen LogP contribution >= 0.6 is 0 Å². The molecule has 19 heavy (non-hydrogen) atoms. The molecule has 0 aromatic carbocycles. The molecule has 0 amide bonds. The van der Waals surface area contributed by atoms with E-state index in [-0.39, 0.29) is 0 Å².